The number of hydrogen-bond donors (Lipinski definition) is 3. The van der Waals surface area contributed by atoms with Crippen LogP contribution in [0.2, 0.25) is 5.02 Å². The molecular formula is C31H30BrClN4O7. The number of ether oxygens (including phenoxy) is 4. The molecule has 4 rings (SSSR count). The molecule has 0 saturated heterocycles. The van der Waals surface area contributed by atoms with Crippen molar-refractivity contribution in [2.75, 3.05) is 20.3 Å². The minimum atomic E-state index is -0.771. The average Bonchev–Trinajstić information content (AvgIpc) is 3.00. The van der Waals surface area contributed by atoms with E-state index in [-0.39, 0.29) is 24.5 Å². The first-order chi connectivity index (χ1) is 21.2. The van der Waals surface area contributed by atoms with Gasteiger partial charge in [0.25, 0.3) is 5.91 Å². The van der Waals surface area contributed by atoms with Crippen molar-refractivity contribution < 1.29 is 33.3 Å². The summed E-state index contributed by atoms with van der Waals surface area (Å²) in [6.45, 7) is 3.55. The van der Waals surface area contributed by atoms with Gasteiger partial charge in [-0.05, 0) is 88.9 Å². The van der Waals surface area contributed by atoms with Crippen LogP contribution in [-0.2, 0) is 20.9 Å². The Morgan fingerprint density at radius 1 is 1.05 bits per heavy atom. The second kappa shape index (κ2) is 15.3. The zero-order valence-electron chi connectivity index (χ0n) is 24.1. The van der Waals surface area contributed by atoms with Gasteiger partial charge in [-0.15, -0.1) is 0 Å². The van der Waals surface area contributed by atoms with Crippen molar-refractivity contribution in [2.24, 2.45) is 5.10 Å². The summed E-state index contributed by atoms with van der Waals surface area (Å²) in [6, 6.07) is 16.5. The molecule has 230 valence electrons. The molecular weight excluding hydrogens is 656 g/mol. The van der Waals surface area contributed by atoms with Crippen molar-refractivity contribution in [1.82, 2.24) is 16.1 Å². The standard InChI is InChI=1S/C31H30BrClN4O7/c1-4-42-30(39)28-18(2)35-31(40)36-29(28)21-8-12-25(26(14-21)41-3)44-17-27(38)37-34-15-20-7-11-24(23(32)13-20)43-16-19-5-9-22(33)10-6-19/h5-15,29H,4,16-17H2,1-3H3,(H,37,38)(H2,35,36,40)/b34-15-/t29-/m0/s1. The first-order valence-corrected chi connectivity index (χ1v) is 14.6. The molecule has 44 heavy (non-hydrogen) atoms. The maximum Gasteiger partial charge on any atom is 0.338 e. The third-order valence-electron chi connectivity index (χ3n) is 6.31. The van der Waals surface area contributed by atoms with Gasteiger partial charge in [-0.2, -0.15) is 5.10 Å². The van der Waals surface area contributed by atoms with E-state index in [2.05, 4.69) is 37.1 Å². The number of methoxy groups -OCH3 is 1. The fraction of sp³-hybridized carbons (Fsp3) is 0.226. The number of nitrogens with zero attached hydrogens (tertiary/aromatic N) is 1. The number of benzene rings is 3. The predicted molar refractivity (Wildman–Crippen MR) is 168 cm³/mol. The molecule has 3 amide bonds. The van der Waals surface area contributed by atoms with Crippen molar-refractivity contribution >= 4 is 51.7 Å². The lowest BCUT2D eigenvalue weighted by Crippen LogP contribution is -2.45. The number of esters is 1. The lowest BCUT2D eigenvalue weighted by molar-refractivity contribution is -0.139. The zero-order chi connectivity index (χ0) is 31.6. The number of carbonyl (C=O) groups excluding carboxylic acids is 3. The third-order valence-corrected chi connectivity index (χ3v) is 7.18. The molecule has 0 aromatic heterocycles. The van der Waals surface area contributed by atoms with Crippen molar-refractivity contribution in [3.05, 3.63) is 98.1 Å². The van der Waals surface area contributed by atoms with Crippen LogP contribution in [0.15, 0.2) is 81.5 Å². The number of nitrogens with one attached hydrogen (secondary N) is 3. The molecule has 1 atom stereocenters. The topological polar surface area (TPSA) is 137 Å². The molecule has 1 heterocycles. The van der Waals surface area contributed by atoms with Crippen molar-refractivity contribution in [3.8, 4) is 17.2 Å². The first-order valence-electron chi connectivity index (χ1n) is 13.4. The molecule has 1 aliphatic heterocycles. The van der Waals surface area contributed by atoms with Crippen LogP contribution >= 0.6 is 27.5 Å². The van der Waals surface area contributed by atoms with Crippen LogP contribution in [0, 0.1) is 0 Å². The van der Waals surface area contributed by atoms with E-state index >= 15 is 0 Å². The van der Waals surface area contributed by atoms with Gasteiger partial charge in [0.1, 0.15) is 12.4 Å². The van der Waals surface area contributed by atoms with Crippen LogP contribution in [0.1, 0.15) is 36.6 Å². The molecule has 0 bridgehead atoms. The molecule has 0 fully saturated rings. The van der Waals surface area contributed by atoms with E-state index in [4.69, 9.17) is 30.5 Å². The van der Waals surface area contributed by atoms with Gasteiger partial charge >= 0.3 is 12.0 Å². The van der Waals surface area contributed by atoms with E-state index in [0.717, 1.165) is 15.6 Å². The number of urea groups is 1. The summed E-state index contributed by atoms with van der Waals surface area (Å²) in [5, 5.41) is 9.98. The minimum absolute atomic E-state index is 0.184. The van der Waals surface area contributed by atoms with Gasteiger partial charge in [-0.3, -0.25) is 4.79 Å². The number of amides is 3. The summed E-state index contributed by atoms with van der Waals surface area (Å²) >= 11 is 9.42. The Balaban J connectivity index is 1.33. The highest BCUT2D eigenvalue weighted by atomic mass is 79.9. The normalized spacial score (nSPS) is 14.5. The van der Waals surface area contributed by atoms with Crippen LogP contribution in [0.25, 0.3) is 0 Å². The number of allylic oxidation sites excluding steroid dienone is 1. The Hall–Kier alpha value is -4.55. The Morgan fingerprint density at radius 3 is 2.50 bits per heavy atom. The number of hydrazone groups is 1. The summed E-state index contributed by atoms with van der Waals surface area (Å²) in [5.74, 6) is 0.191. The highest BCUT2D eigenvalue weighted by molar-refractivity contribution is 9.10. The molecule has 0 radical (unpaired) electrons. The van der Waals surface area contributed by atoms with E-state index in [9.17, 15) is 14.4 Å². The second-order valence-corrected chi connectivity index (χ2v) is 10.7. The van der Waals surface area contributed by atoms with Crippen LogP contribution in [0.5, 0.6) is 17.2 Å². The van der Waals surface area contributed by atoms with Crippen molar-refractivity contribution in [2.45, 2.75) is 26.5 Å². The summed E-state index contributed by atoms with van der Waals surface area (Å²) < 4.78 is 22.8. The van der Waals surface area contributed by atoms with E-state index in [1.165, 1.54) is 13.3 Å². The lowest BCUT2D eigenvalue weighted by Gasteiger charge is -2.28. The number of halogens is 2. The van der Waals surface area contributed by atoms with Crippen LogP contribution in [-0.4, -0.2) is 44.4 Å². The summed E-state index contributed by atoms with van der Waals surface area (Å²) in [5.41, 5.74) is 5.35. The zero-order valence-corrected chi connectivity index (χ0v) is 26.5. The van der Waals surface area contributed by atoms with Gasteiger partial charge in [-0.1, -0.05) is 29.8 Å². The Bertz CT molecular complexity index is 1590. The first kappa shape index (κ1) is 32.4. The molecule has 1 aliphatic rings. The molecule has 0 aliphatic carbocycles. The lowest BCUT2D eigenvalue weighted by atomic mass is 9.95. The largest absolute Gasteiger partial charge is 0.493 e. The minimum Gasteiger partial charge on any atom is -0.493 e. The van der Waals surface area contributed by atoms with Crippen molar-refractivity contribution in [3.63, 3.8) is 0 Å². The quantitative estimate of drug-likeness (QED) is 0.132. The molecule has 11 nitrogen and oxygen atoms in total. The summed E-state index contributed by atoms with van der Waals surface area (Å²) in [4.78, 5) is 37.1. The van der Waals surface area contributed by atoms with Gasteiger partial charge in [0.2, 0.25) is 0 Å². The smallest absolute Gasteiger partial charge is 0.338 e. The molecule has 0 unspecified atom stereocenters. The van der Waals surface area contributed by atoms with Gasteiger partial charge in [0.15, 0.2) is 18.1 Å². The van der Waals surface area contributed by atoms with E-state index in [0.29, 0.717) is 34.4 Å². The number of carbonyl (C=O) groups is 3. The molecule has 0 spiro atoms. The maximum absolute atomic E-state index is 12.6. The fourth-order valence-corrected chi connectivity index (χ4v) is 4.85. The Kier molecular flexibility index (Phi) is 11.2. The van der Waals surface area contributed by atoms with Gasteiger partial charge in [-0.25, -0.2) is 15.0 Å². The Labute approximate surface area is 267 Å². The molecule has 3 aromatic carbocycles. The number of rotatable bonds is 12. The molecule has 0 saturated carbocycles. The molecule has 13 heteroatoms. The predicted octanol–water partition coefficient (Wildman–Crippen LogP) is 5.41. The van der Waals surface area contributed by atoms with E-state index < -0.39 is 23.9 Å². The highest BCUT2D eigenvalue weighted by Gasteiger charge is 2.32. The van der Waals surface area contributed by atoms with Crippen LogP contribution in [0.3, 0.4) is 0 Å². The fourth-order valence-electron chi connectivity index (χ4n) is 4.22. The van der Waals surface area contributed by atoms with E-state index in [1.807, 2.05) is 18.2 Å². The SMILES string of the molecule is CCOC(=O)C1=C(C)NC(=O)N[C@H]1c1ccc(OCC(=O)N/N=C\c2ccc(OCc3ccc(Cl)cc3)c(Br)c2)c(OC)c1. The van der Waals surface area contributed by atoms with Crippen molar-refractivity contribution in [1.29, 1.82) is 0 Å². The third kappa shape index (κ3) is 8.51. The van der Waals surface area contributed by atoms with E-state index in [1.54, 1.807) is 56.3 Å². The van der Waals surface area contributed by atoms with Crippen LogP contribution < -0.4 is 30.3 Å². The summed E-state index contributed by atoms with van der Waals surface area (Å²) in [6.07, 6.45) is 1.49. The van der Waals surface area contributed by atoms with Gasteiger partial charge in [0, 0.05) is 10.7 Å². The second-order valence-electron chi connectivity index (χ2n) is 9.39. The Morgan fingerprint density at radius 2 is 1.80 bits per heavy atom. The molecule has 3 aromatic rings. The van der Waals surface area contributed by atoms with Crippen LogP contribution in [0.4, 0.5) is 4.79 Å². The monoisotopic (exact) mass is 684 g/mol. The average molecular weight is 686 g/mol. The maximum atomic E-state index is 12.6. The van der Waals surface area contributed by atoms with Gasteiger partial charge in [0.05, 0.1) is 36.0 Å². The highest BCUT2D eigenvalue weighted by Crippen LogP contribution is 2.34. The molecule has 3 N–H and O–H groups in total. The van der Waals surface area contributed by atoms with Gasteiger partial charge < -0.3 is 29.6 Å². The number of hydrogen-bond acceptors (Lipinski definition) is 8. The summed E-state index contributed by atoms with van der Waals surface area (Å²) in [7, 11) is 1.44.